The second-order valence-electron chi connectivity index (χ2n) is 8.63. The van der Waals surface area contributed by atoms with Gasteiger partial charge in [-0.05, 0) is 41.5 Å². The summed E-state index contributed by atoms with van der Waals surface area (Å²) >= 11 is 1.37. The summed E-state index contributed by atoms with van der Waals surface area (Å²) in [5.74, 6) is -0.197. The summed E-state index contributed by atoms with van der Waals surface area (Å²) in [7, 11) is 3.97. The number of hydrogen-bond donors (Lipinski definition) is 2. The van der Waals surface area contributed by atoms with Crippen LogP contribution in [0.3, 0.4) is 0 Å². The number of anilines is 3. The minimum Gasteiger partial charge on any atom is -0.397 e. The third-order valence-electron chi connectivity index (χ3n) is 6.05. The van der Waals surface area contributed by atoms with Crippen LogP contribution in [-0.2, 0) is 19.5 Å². The van der Waals surface area contributed by atoms with Crippen LogP contribution in [0.5, 0.6) is 0 Å². The number of benzene rings is 2. The van der Waals surface area contributed by atoms with Gasteiger partial charge in [0.1, 0.15) is 9.71 Å². The fourth-order valence-electron chi connectivity index (χ4n) is 4.23. The molecule has 5 rings (SSSR count). The molecule has 0 atom stereocenters. The molecule has 0 saturated carbocycles. The fourth-order valence-corrected chi connectivity index (χ4v) is 5.22. The third kappa shape index (κ3) is 4.42. The Morgan fingerprint density at radius 1 is 1.15 bits per heavy atom. The summed E-state index contributed by atoms with van der Waals surface area (Å²) in [6.45, 7) is 2.72. The van der Waals surface area contributed by atoms with E-state index >= 15 is 0 Å². The highest BCUT2D eigenvalue weighted by molar-refractivity contribution is 7.21. The van der Waals surface area contributed by atoms with Crippen LogP contribution in [-0.4, -0.2) is 36.4 Å². The van der Waals surface area contributed by atoms with Gasteiger partial charge in [-0.2, -0.15) is 0 Å². The monoisotopic (exact) mass is 457 g/mol. The number of hydrogen-bond acceptors (Lipinski definition) is 6. The molecule has 0 spiro atoms. The van der Waals surface area contributed by atoms with Gasteiger partial charge in [0.15, 0.2) is 0 Å². The average molecular weight is 458 g/mol. The average Bonchev–Trinajstić information content (AvgIpc) is 3.14. The molecule has 1 aliphatic heterocycles. The maximum Gasteiger partial charge on any atom is 0.267 e. The number of nitrogens with zero attached hydrogens (tertiary/aromatic N) is 3. The van der Waals surface area contributed by atoms with Crippen LogP contribution < -0.4 is 16.0 Å². The molecule has 7 heteroatoms. The fraction of sp³-hybridized carbons (Fsp3) is 0.231. The number of nitrogens with one attached hydrogen (secondary N) is 1. The Kier molecular flexibility index (Phi) is 5.74. The maximum absolute atomic E-state index is 13.0. The summed E-state index contributed by atoms with van der Waals surface area (Å²) in [5.41, 5.74) is 12.4. The third-order valence-corrected chi connectivity index (χ3v) is 7.16. The van der Waals surface area contributed by atoms with Gasteiger partial charge in [0, 0.05) is 62.6 Å². The molecule has 0 aliphatic carbocycles. The zero-order chi connectivity index (χ0) is 22.9. The molecule has 0 radical (unpaired) electrons. The first-order chi connectivity index (χ1) is 16.0. The highest BCUT2D eigenvalue weighted by Crippen LogP contribution is 2.35. The molecule has 3 heterocycles. The summed E-state index contributed by atoms with van der Waals surface area (Å²) in [6.07, 6.45) is 0.898. The molecule has 0 fully saturated rings. The van der Waals surface area contributed by atoms with E-state index in [-0.39, 0.29) is 5.91 Å². The number of thiophene rings is 1. The highest BCUT2D eigenvalue weighted by atomic mass is 32.1. The van der Waals surface area contributed by atoms with Crippen molar-refractivity contribution < 1.29 is 4.79 Å². The molecule has 2 aromatic heterocycles. The van der Waals surface area contributed by atoms with Gasteiger partial charge in [0.25, 0.3) is 5.91 Å². The van der Waals surface area contributed by atoms with Crippen molar-refractivity contribution in [3.63, 3.8) is 0 Å². The lowest BCUT2D eigenvalue weighted by Crippen LogP contribution is -2.30. The van der Waals surface area contributed by atoms with Crippen LogP contribution >= 0.6 is 11.3 Å². The first kappa shape index (κ1) is 21.4. The van der Waals surface area contributed by atoms with Gasteiger partial charge in [-0.3, -0.25) is 9.69 Å². The molecular formula is C26H27N5OS. The zero-order valence-electron chi connectivity index (χ0n) is 18.8. The Morgan fingerprint density at radius 3 is 2.64 bits per heavy atom. The van der Waals surface area contributed by atoms with E-state index in [0.29, 0.717) is 10.6 Å². The summed E-state index contributed by atoms with van der Waals surface area (Å²) < 4.78 is 0. The Hall–Kier alpha value is -3.42. The molecule has 0 unspecified atom stereocenters. The zero-order valence-corrected chi connectivity index (χ0v) is 19.7. The molecule has 33 heavy (non-hydrogen) atoms. The minimum absolute atomic E-state index is 0.197. The van der Waals surface area contributed by atoms with Crippen molar-refractivity contribution in [2.24, 2.45) is 0 Å². The number of aromatic nitrogens is 1. The lowest BCUT2D eigenvalue weighted by Gasteiger charge is -2.28. The van der Waals surface area contributed by atoms with Crippen LogP contribution in [0.2, 0.25) is 0 Å². The summed E-state index contributed by atoms with van der Waals surface area (Å²) in [6, 6.07) is 20.4. The topological polar surface area (TPSA) is 74.5 Å². The van der Waals surface area contributed by atoms with E-state index in [4.69, 9.17) is 10.7 Å². The SMILES string of the molecule is CN(C)c1ccc(NC(=O)c2sc3nc4c(cc3c2N)CN(Cc2ccccc2)CC4)cc1. The van der Waals surface area contributed by atoms with Crippen LogP contribution in [0.15, 0.2) is 60.7 Å². The van der Waals surface area contributed by atoms with Gasteiger partial charge in [-0.15, -0.1) is 11.3 Å². The lowest BCUT2D eigenvalue weighted by molar-refractivity contribution is 0.103. The number of nitrogens with two attached hydrogens (primary N) is 1. The summed E-state index contributed by atoms with van der Waals surface area (Å²) in [4.78, 5) is 23.6. The normalized spacial score (nSPS) is 13.6. The van der Waals surface area contributed by atoms with E-state index in [1.54, 1.807) is 0 Å². The van der Waals surface area contributed by atoms with E-state index in [0.717, 1.165) is 53.3 Å². The number of pyridine rings is 1. The molecule has 4 aromatic rings. The number of carbonyl (C=O) groups is 1. The van der Waals surface area contributed by atoms with Crippen LogP contribution in [0.25, 0.3) is 10.2 Å². The van der Waals surface area contributed by atoms with Crippen LogP contribution in [0.4, 0.5) is 17.1 Å². The van der Waals surface area contributed by atoms with Crippen LogP contribution in [0, 0.1) is 0 Å². The molecule has 0 saturated heterocycles. The van der Waals surface area contributed by atoms with Crippen molar-refractivity contribution in [3.05, 3.63) is 82.4 Å². The molecule has 168 valence electrons. The lowest BCUT2D eigenvalue weighted by atomic mass is 10.0. The van der Waals surface area contributed by atoms with Crippen molar-refractivity contribution in [2.45, 2.75) is 19.5 Å². The van der Waals surface area contributed by atoms with Gasteiger partial charge in [-0.1, -0.05) is 30.3 Å². The quantitative estimate of drug-likeness (QED) is 0.452. The van der Waals surface area contributed by atoms with Gasteiger partial charge in [-0.25, -0.2) is 4.98 Å². The number of rotatable bonds is 5. The van der Waals surface area contributed by atoms with Gasteiger partial charge in [0.05, 0.1) is 5.69 Å². The van der Waals surface area contributed by atoms with E-state index in [1.165, 1.54) is 22.5 Å². The predicted octanol–water partition coefficient (Wildman–Crippen LogP) is 4.76. The van der Waals surface area contributed by atoms with Crippen molar-refractivity contribution in [1.82, 2.24) is 9.88 Å². The summed E-state index contributed by atoms with van der Waals surface area (Å²) in [5, 5.41) is 3.84. The van der Waals surface area contributed by atoms with Crippen molar-refractivity contribution in [3.8, 4) is 0 Å². The van der Waals surface area contributed by atoms with Crippen molar-refractivity contribution in [2.75, 3.05) is 36.6 Å². The Labute approximate surface area is 197 Å². The Bertz CT molecular complexity index is 1300. The molecule has 0 bridgehead atoms. The van der Waals surface area contributed by atoms with Crippen molar-refractivity contribution in [1.29, 1.82) is 0 Å². The van der Waals surface area contributed by atoms with Crippen molar-refractivity contribution >= 4 is 44.5 Å². The largest absolute Gasteiger partial charge is 0.397 e. The minimum atomic E-state index is -0.197. The number of carbonyl (C=O) groups excluding carboxylic acids is 1. The molecule has 3 N–H and O–H groups in total. The maximum atomic E-state index is 13.0. The van der Waals surface area contributed by atoms with E-state index in [1.807, 2.05) is 49.3 Å². The molecule has 6 nitrogen and oxygen atoms in total. The number of amides is 1. The highest BCUT2D eigenvalue weighted by Gasteiger charge is 2.23. The standard InChI is InChI=1S/C26H27N5OS/c1-30(2)20-10-8-19(9-11-20)28-25(32)24-23(27)21-14-18-16-31(15-17-6-4-3-5-7-17)13-12-22(18)29-26(21)33-24/h3-11,14H,12-13,15-16,27H2,1-2H3,(H,28,32). The second kappa shape index (κ2) is 8.84. The number of nitrogen functional groups attached to an aromatic ring is 1. The first-order valence-corrected chi connectivity index (χ1v) is 11.9. The van der Waals surface area contributed by atoms with E-state index in [9.17, 15) is 4.79 Å². The molecule has 1 aliphatic rings. The smallest absolute Gasteiger partial charge is 0.267 e. The molecule has 2 aromatic carbocycles. The Balaban J connectivity index is 1.36. The van der Waals surface area contributed by atoms with Crippen LogP contribution in [0.1, 0.15) is 26.5 Å². The first-order valence-electron chi connectivity index (χ1n) is 11.0. The van der Waals surface area contributed by atoms with Gasteiger partial charge in [0.2, 0.25) is 0 Å². The second-order valence-corrected chi connectivity index (χ2v) is 9.63. The van der Waals surface area contributed by atoms with E-state index in [2.05, 4.69) is 40.5 Å². The van der Waals surface area contributed by atoms with Gasteiger partial charge >= 0.3 is 0 Å². The van der Waals surface area contributed by atoms with Gasteiger partial charge < -0.3 is 16.0 Å². The van der Waals surface area contributed by atoms with E-state index < -0.39 is 0 Å². The molecule has 1 amide bonds. The predicted molar refractivity (Wildman–Crippen MR) is 137 cm³/mol. The Morgan fingerprint density at radius 2 is 1.91 bits per heavy atom. The molecular weight excluding hydrogens is 430 g/mol. The number of fused-ring (bicyclic) bond motifs is 2.